The molecule has 0 heterocycles. The quantitative estimate of drug-likeness (QED) is 0.436. The lowest BCUT2D eigenvalue weighted by molar-refractivity contribution is -0.123. The van der Waals surface area contributed by atoms with Gasteiger partial charge in [0.05, 0.1) is 17.3 Å². The van der Waals surface area contributed by atoms with Crippen LogP contribution in [0.4, 0.5) is 0 Å². The summed E-state index contributed by atoms with van der Waals surface area (Å²) in [6.07, 6.45) is 4.65. The summed E-state index contributed by atoms with van der Waals surface area (Å²) < 4.78 is 11.9. The van der Waals surface area contributed by atoms with E-state index in [1.807, 2.05) is 42.5 Å². The smallest absolute Gasteiger partial charge is 0.277 e. The summed E-state index contributed by atoms with van der Waals surface area (Å²) in [4.78, 5) is 11.9. The number of rotatable bonds is 10. The molecule has 144 valence electrons. The van der Waals surface area contributed by atoms with Gasteiger partial charge >= 0.3 is 0 Å². The first-order chi connectivity index (χ1) is 13.1. The Balaban J connectivity index is 1.78. The van der Waals surface area contributed by atoms with Gasteiger partial charge in [-0.1, -0.05) is 26.3 Å². The van der Waals surface area contributed by atoms with E-state index in [4.69, 9.17) is 9.47 Å². The molecule has 0 atom stereocenters. The predicted molar refractivity (Wildman–Crippen MR) is 112 cm³/mol. The molecule has 0 radical (unpaired) electrons. The van der Waals surface area contributed by atoms with Crippen molar-refractivity contribution in [3.05, 3.63) is 58.1 Å². The van der Waals surface area contributed by atoms with Crippen molar-refractivity contribution in [2.75, 3.05) is 13.2 Å². The number of ether oxygens (including phenoxy) is 2. The van der Waals surface area contributed by atoms with E-state index in [-0.39, 0.29) is 12.5 Å². The van der Waals surface area contributed by atoms with Crippen LogP contribution in [0.3, 0.4) is 0 Å². The second-order valence-electron chi connectivity index (χ2n) is 6.01. The van der Waals surface area contributed by atoms with Gasteiger partial charge in [-0.05, 0) is 76.3 Å². The van der Waals surface area contributed by atoms with E-state index in [1.54, 1.807) is 6.21 Å². The van der Waals surface area contributed by atoms with Gasteiger partial charge in [0.15, 0.2) is 6.61 Å². The molecular weight excluding hydrogens is 408 g/mol. The minimum atomic E-state index is -0.321. The molecule has 0 aliphatic carbocycles. The molecule has 0 bridgehead atoms. The molecule has 1 amide bonds. The molecule has 0 spiro atoms. The van der Waals surface area contributed by atoms with E-state index < -0.39 is 0 Å². The topological polar surface area (TPSA) is 59.9 Å². The molecule has 0 aliphatic rings. The highest BCUT2D eigenvalue weighted by Gasteiger charge is 2.06. The largest absolute Gasteiger partial charge is 0.494 e. The second-order valence-corrected chi connectivity index (χ2v) is 6.87. The maximum absolute atomic E-state index is 11.9. The zero-order chi connectivity index (χ0) is 19.5. The van der Waals surface area contributed by atoms with Crippen molar-refractivity contribution in [2.24, 2.45) is 5.10 Å². The first kappa shape index (κ1) is 21.0. The van der Waals surface area contributed by atoms with Crippen molar-refractivity contribution < 1.29 is 14.3 Å². The van der Waals surface area contributed by atoms with E-state index >= 15 is 0 Å². The third-order valence-corrected chi connectivity index (χ3v) is 4.27. The number of hydrogen-bond donors (Lipinski definition) is 1. The van der Waals surface area contributed by atoms with Gasteiger partial charge in [0.1, 0.15) is 11.5 Å². The molecule has 2 aromatic carbocycles. The van der Waals surface area contributed by atoms with E-state index in [1.165, 1.54) is 5.56 Å². The van der Waals surface area contributed by atoms with E-state index in [0.29, 0.717) is 12.4 Å². The lowest BCUT2D eigenvalue weighted by atomic mass is 10.1. The molecule has 0 saturated carbocycles. The van der Waals surface area contributed by atoms with Crippen molar-refractivity contribution in [2.45, 2.75) is 33.1 Å². The number of hydrogen-bond acceptors (Lipinski definition) is 4. The van der Waals surface area contributed by atoms with Crippen LogP contribution in [0.5, 0.6) is 11.5 Å². The number of aryl methyl sites for hydroxylation is 1. The first-order valence-electron chi connectivity index (χ1n) is 9.08. The molecular formula is C21H25BrN2O3. The van der Waals surface area contributed by atoms with Crippen molar-refractivity contribution in [3.8, 4) is 11.5 Å². The number of carbonyl (C=O) groups excluding carboxylic acids is 1. The lowest BCUT2D eigenvalue weighted by Gasteiger charge is -2.08. The summed E-state index contributed by atoms with van der Waals surface area (Å²) in [6, 6.07) is 13.4. The molecule has 2 aromatic rings. The van der Waals surface area contributed by atoms with Crippen LogP contribution >= 0.6 is 15.9 Å². The van der Waals surface area contributed by atoms with E-state index in [9.17, 15) is 4.79 Å². The first-order valence-corrected chi connectivity index (χ1v) is 9.87. The fraction of sp³-hybridized carbons (Fsp3) is 0.333. The minimum absolute atomic E-state index is 0.104. The standard InChI is InChI=1S/C21H25BrN2O3/c1-3-5-16-8-11-20(19(22)13-16)27-15-21(25)24-23-14-17-6-9-18(10-7-17)26-12-4-2/h6-11,13-14H,3-5,12,15H2,1-2H3,(H,24,25)/b23-14+. The summed E-state index contributed by atoms with van der Waals surface area (Å²) in [5, 5.41) is 3.95. The third-order valence-electron chi connectivity index (χ3n) is 3.65. The van der Waals surface area contributed by atoms with Crippen molar-refractivity contribution in [3.63, 3.8) is 0 Å². The molecule has 0 aliphatic heterocycles. The summed E-state index contributed by atoms with van der Waals surface area (Å²) in [7, 11) is 0. The van der Waals surface area contributed by atoms with Crippen molar-refractivity contribution in [1.82, 2.24) is 5.43 Å². The maximum Gasteiger partial charge on any atom is 0.277 e. The average molecular weight is 433 g/mol. The molecule has 0 unspecified atom stereocenters. The normalized spacial score (nSPS) is 10.8. The Morgan fingerprint density at radius 1 is 1.11 bits per heavy atom. The van der Waals surface area contributed by atoms with Gasteiger partial charge in [0.2, 0.25) is 0 Å². The van der Waals surface area contributed by atoms with Crippen LogP contribution in [0.1, 0.15) is 37.8 Å². The van der Waals surface area contributed by atoms with E-state index in [2.05, 4.69) is 40.3 Å². The molecule has 0 fully saturated rings. The third kappa shape index (κ3) is 7.43. The molecule has 27 heavy (non-hydrogen) atoms. The number of amides is 1. The monoisotopic (exact) mass is 432 g/mol. The number of nitrogens with zero attached hydrogens (tertiary/aromatic N) is 1. The summed E-state index contributed by atoms with van der Waals surface area (Å²) in [6.45, 7) is 4.79. The van der Waals surface area contributed by atoms with Gasteiger partial charge in [0.25, 0.3) is 5.91 Å². The zero-order valence-corrected chi connectivity index (χ0v) is 17.3. The number of hydrazone groups is 1. The molecule has 5 nitrogen and oxygen atoms in total. The summed E-state index contributed by atoms with van der Waals surface area (Å²) >= 11 is 3.48. The zero-order valence-electron chi connectivity index (χ0n) is 15.7. The Morgan fingerprint density at radius 2 is 1.89 bits per heavy atom. The van der Waals surface area contributed by atoms with Crippen molar-refractivity contribution in [1.29, 1.82) is 0 Å². The van der Waals surface area contributed by atoms with Gasteiger partial charge in [0, 0.05) is 0 Å². The SMILES string of the molecule is CCCOc1ccc(/C=N/NC(=O)COc2ccc(CCC)cc2Br)cc1. The highest BCUT2D eigenvalue weighted by atomic mass is 79.9. The fourth-order valence-electron chi connectivity index (χ4n) is 2.33. The highest BCUT2D eigenvalue weighted by Crippen LogP contribution is 2.26. The Kier molecular flexibility index (Phi) is 8.84. The number of halogens is 1. The van der Waals surface area contributed by atoms with Crippen LogP contribution in [0.25, 0.3) is 0 Å². The Labute approximate surface area is 168 Å². The Bertz CT molecular complexity index is 761. The van der Waals surface area contributed by atoms with Gasteiger partial charge in [-0.15, -0.1) is 0 Å². The Hall–Kier alpha value is -2.34. The molecule has 0 aromatic heterocycles. The number of benzene rings is 2. The highest BCUT2D eigenvalue weighted by molar-refractivity contribution is 9.10. The summed E-state index contributed by atoms with van der Waals surface area (Å²) in [5.41, 5.74) is 4.56. The second kappa shape index (κ2) is 11.4. The van der Waals surface area contributed by atoms with Gasteiger partial charge in [-0.25, -0.2) is 5.43 Å². The van der Waals surface area contributed by atoms with Crippen LogP contribution < -0.4 is 14.9 Å². The molecule has 0 saturated heterocycles. The maximum atomic E-state index is 11.9. The van der Waals surface area contributed by atoms with E-state index in [0.717, 1.165) is 35.0 Å². The van der Waals surface area contributed by atoms with Crippen LogP contribution in [0.2, 0.25) is 0 Å². The average Bonchev–Trinajstić information content (AvgIpc) is 2.67. The van der Waals surface area contributed by atoms with Crippen LogP contribution in [0.15, 0.2) is 52.0 Å². The van der Waals surface area contributed by atoms with Crippen molar-refractivity contribution >= 4 is 28.1 Å². The van der Waals surface area contributed by atoms with Crippen LogP contribution in [-0.4, -0.2) is 25.3 Å². The number of nitrogens with one attached hydrogen (secondary N) is 1. The Morgan fingerprint density at radius 3 is 2.56 bits per heavy atom. The minimum Gasteiger partial charge on any atom is -0.494 e. The number of carbonyl (C=O) groups is 1. The molecule has 6 heteroatoms. The van der Waals surface area contributed by atoms with Gasteiger partial charge < -0.3 is 9.47 Å². The lowest BCUT2D eigenvalue weighted by Crippen LogP contribution is -2.24. The molecule has 1 N–H and O–H groups in total. The van der Waals surface area contributed by atoms with Gasteiger partial charge in [-0.2, -0.15) is 5.10 Å². The molecule has 2 rings (SSSR count). The van der Waals surface area contributed by atoms with Crippen LogP contribution in [-0.2, 0) is 11.2 Å². The van der Waals surface area contributed by atoms with Crippen LogP contribution in [0, 0.1) is 0 Å². The predicted octanol–water partition coefficient (Wildman–Crippen LogP) is 4.72. The fourth-order valence-corrected chi connectivity index (χ4v) is 2.87. The van der Waals surface area contributed by atoms with Gasteiger partial charge in [-0.3, -0.25) is 4.79 Å². The summed E-state index contributed by atoms with van der Waals surface area (Å²) in [5.74, 6) is 1.14.